The first kappa shape index (κ1) is 13.7. The lowest BCUT2D eigenvalue weighted by Gasteiger charge is -2.10. The Morgan fingerprint density at radius 3 is 2.05 bits per heavy atom. The number of benzene rings is 3. The van der Waals surface area contributed by atoms with E-state index in [0.29, 0.717) is 17.4 Å². The van der Waals surface area contributed by atoms with Crippen LogP contribution in [0.3, 0.4) is 0 Å². The highest BCUT2D eigenvalue weighted by Gasteiger charge is 2.05. The summed E-state index contributed by atoms with van der Waals surface area (Å²) < 4.78 is 5.78. The lowest BCUT2D eigenvalue weighted by Crippen LogP contribution is -1.95. The summed E-state index contributed by atoms with van der Waals surface area (Å²) in [5.41, 5.74) is 3.36. The third-order valence-electron chi connectivity index (χ3n) is 3.28. The van der Waals surface area contributed by atoms with Crippen molar-refractivity contribution in [3.05, 3.63) is 89.4 Å². The summed E-state index contributed by atoms with van der Waals surface area (Å²) in [5, 5.41) is 0.632. The normalized spacial score (nSPS) is 10.3. The fourth-order valence-corrected chi connectivity index (χ4v) is 2.40. The van der Waals surface area contributed by atoms with Crippen molar-refractivity contribution in [3.63, 3.8) is 0 Å². The van der Waals surface area contributed by atoms with E-state index in [-0.39, 0.29) is 0 Å². The van der Waals surface area contributed by atoms with E-state index in [1.807, 2.05) is 66.7 Å². The van der Waals surface area contributed by atoms with Gasteiger partial charge in [-0.1, -0.05) is 78.3 Å². The molecule has 0 heterocycles. The number of halogens is 1. The fraction of sp³-hybridized carbons (Fsp3) is 0.0526. The third-order valence-corrected chi connectivity index (χ3v) is 3.57. The van der Waals surface area contributed by atoms with Crippen LogP contribution in [-0.2, 0) is 6.61 Å². The maximum absolute atomic E-state index is 6.32. The van der Waals surface area contributed by atoms with Crippen LogP contribution in [0, 0.1) is 0 Å². The molecule has 0 aliphatic carbocycles. The molecule has 21 heavy (non-hydrogen) atoms. The highest BCUT2D eigenvalue weighted by molar-refractivity contribution is 6.32. The van der Waals surface area contributed by atoms with E-state index in [1.165, 1.54) is 0 Å². The Morgan fingerprint density at radius 2 is 1.38 bits per heavy atom. The minimum atomic E-state index is 0.519. The number of rotatable bonds is 4. The summed E-state index contributed by atoms with van der Waals surface area (Å²) in [7, 11) is 0. The quantitative estimate of drug-likeness (QED) is 0.610. The predicted octanol–water partition coefficient (Wildman–Crippen LogP) is 5.59. The zero-order valence-electron chi connectivity index (χ0n) is 11.5. The van der Waals surface area contributed by atoms with Gasteiger partial charge in [0.15, 0.2) is 0 Å². The van der Waals surface area contributed by atoms with Gasteiger partial charge >= 0.3 is 0 Å². The molecule has 0 radical (unpaired) electrons. The zero-order chi connectivity index (χ0) is 14.5. The van der Waals surface area contributed by atoms with Crippen LogP contribution >= 0.6 is 11.6 Å². The van der Waals surface area contributed by atoms with E-state index in [4.69, 9.17) is 16.3 Å². The second-order valence-corrected chi connectivity index (χ2v) is 5.19. The highest BCUT2D eigenvalue weighted by atomic mass is 35.5. The van der Waals surface area contributed by atoms with Gasteiger partial charge < -0.3 is 4.74 Å². The van der Waals surface area contributed by atoms with Crippen molar-refractivity contribution in [2.75, 3.05) is 0 Å². The zero-order valence-corrected chi connectivity index (χ0v) is 12.3. The molecule has 104 valence electrons. The van der Waals surface area contributed by atoms with E-state index >= 15 is 0 Å². The van der Waals surface area contributed by atoms with Gasteiger partial charge in [-0.15, -0.1) is 0 Å². The van der Waals surface area contributed by atoms with Crippen LogP contribution in [-0.4, -0.2) is 0 Å². The van der Waals surface area contributed by atoms with Crippen molar-refractivity contribution < 1.29 is 4.74 Å². The number of hydrogen-bond acceptors (Lipinski definition) is 1. The second kappa shape index (κ2) is 6.47. The van der Waals surface area contributed by atoms with Crippen molar-refractivity contribution in [1.29, 1.82) is 0 Å². The molecule has 0 saturated heterocycles. The minimum Gasteiger partial charge on any atom is -0.487 e. The van der Waals surface area contributed by atoms with Crippen molar-refractivity contribution in [1.82, 2.24) is 0 Å². The summed E-state index contributed by atoms with van der Waals surface area (Å²) in [6, 6.07) is 26.1. The third kappa shape index (κ3) is 3.45. The van der Waals surface area contributed by atoms with Crippen molar-refractivity contribution >= 4 is 11.6 Å². The smallest absolute Gasteiger partial charge is 0.138 e. The maximum Gasteiger partial charge on any atom is 0.138 e. The fourth-order valence-electron chi connectivity index (χ4n) is 2.16. The van der Waals surface area contributed by atoms with Crippen LogP contribution in [0.5, 0.6) is 5.75 Å². The number of ether oxygens (including phenoxy) is 1. The molecular formula is C19H15ClO. The van der Waals surface area contributed by atoms with Gasteiger partial charge in [-0.2, -0.15) is 0 Å². The van der Waals surface area contributed by atoms with E-state index in [1.54, 1.807) is 0 Å². The SMILES string of the molecule is Clc1cc(-c2ccccc2)ccc1OCc1ccccc1. The van der Waals surface area contributed by atoms with E-state index in [0.717, 1.165) is 16.7 Å². The Balaban J connectivity index is 1.76. The Kier molecular flexibility index (Phi) is 4.23. The molecule has 0 saturated carbocycles. The van der Waals surface area contributed by atoms with Gasteiger partial charge in [0.05, 0.1) is 5.02 Å². The second-order valence-electron chi connectivity index (χ2n) is 4.79. The standard InChI is InChI=1S/C19H15ClO/c20-18-13-17(16-9-5-2-6-10-16)11-12-19(18)21-14-15-7-3-1-4-8-15/h1-13H,14H2. The van der Waals surface area contributed by atoms with Gasteiger partial charge in [0.2, 0.25) is 0 Å². The van der Waals surface area contributed by atoms with Crippen molar-refractivity contribution in [2.45, 2.75) is 6.61 Å². The lowest BCUT2D eigenvalue weighted by atomic mass is 10.1. The molecule has 3 rings (SSSR count). The molecule has 3 aromatic rings. The van der Waals surface area contributed by atoms with Gasteiger partial charge in [0.1, 0.15) is 12.4 Å². The van der Waals surface area contributed by atoms with Crippen LogP contribution in [0.15, 0.2) is 78.9 Å². The lowest BCUT2D eigenvalue weighted by molar-refractivity contribution is 0.306. The van der Waals surface area contributed by atoms with E-state index in [2.05, 4.69) is 12.1 Å². The molecule has 0 spiro atoms. The first-order valence-corrected chi connectivity index (χ1v) is 7.22. The average Bonchev–Trinajstić information content (AvgIpc) is 2.55. The predicted molar refractivity (Wildman–Crippen MR) is 87.7 cm³/mol. The monoisotopic (exact) mass is 294 g/mol. The van der Waals surface area contributed by atoms with Gasteiger partial charge in [-0.05, 0) is 28.8 Å². The minimum absolute atomic E-state index is 0.519. The Hall–Kier alpha value is -2.25. The molecule has 0 atom stereocenters. The van der Waals surface area contributed by atoms with Crippen LogP contribution in [0.4, 0.5) is 0 Å². The summed E-state index contributed by atoms with van der Waals surface area (Å²) in [4.78, 5) is 0. The van der Waals surface area contributed by atoms with E-state index < -0.39 is 0 Å². The summed E-state index contributed by atoms with van der Waals surface area (Å²) in [6.45, 7) is 0.519. The molecule has 0 aromatic heterocycles. The molecule has 0 unspecified atom stereocenters. The van der Waals surface area contributed by atoms with Crippen LogP contribution < -0.4 is 4.74 Å². The molecule has 0 aliphatic rings. The topological polar surface area (TPSA) is 9.23 Å². The van der Waals surface area contributed by atoms with Crippen LogP contribution in [0.25, 0.3) is 11.1 Å². The first-order valence-electron chi connectivity index (χ1n) is 6.84. The van der Waals surface area contributed by atoms with E-state index in [9.17, 15) is 0 Å². The van der Waals surface area contributed by atoms with Gasteiger partial charge in [0.25, 0.3) is 0 Å². The summed E-state index contributed by atoms with van der Waals surface area (Å²) >= 11 is 6.32. The highest BCUT2D eigenvalue weighted by Crippen LogP contribution is 2.30. The van der Waals surface area contributed by atoms with Gasteiger partial charge in [-0.3, -0.25) is 0 Å². The summed E-state index contributed by atoms with van der Waals surface area (Å²) in [5.74, 6) is 0.709. The molecule has 0 aliphatic heterocycles. The summed E-state index contributed by atoms with van der Waals surface area (Å²) in [6.07, 6.45) is 0. The Bertz CT molecular complexity index is 708. The molecule has 0 amide bonds. The maximum atomic E-state index is 6.32. The van der Waals surface area contributed by atoms with Crippen molar-refractivity contribution in [3.8, 4) is 16.9 Å². The average molecular weight is 295 g/mol. The molecule has 2 heteroatoms. The van der Waals surface area contributed by atoms with Gasteiger partial charge in [0, 0.05) is 0 Å². The molecular weight excluding hydrogens is 280 g/mol. The van der Waals surface area contributed by atoms with Crippen LogP contribution in [0.2, 0.25) is 5.02 Å². The number of hydrogen-bond donors (Lipinski definition) is 0. The Morgan fingerprint density at radius 1 is 0.714 bits per heavy atom. The van der Waals surface area contributed by atoms with Crippen LogP contribution in [0.1, 0.15) is 5.56 Å². The first-order chi connectivity index (χ1) is 10.3. The van der Waals surface area contributed by atoms with Crippen molar-refractivity contribution in [2.24, 2.45) is 0 Å². The molecule has 1 nitrogen and oxygen atoms in total. The van der Waals surface area contributed by atoms with Gasteiger partial charge in [-0.25, -0.2) is 0 Å². The largest absolute Gasteiger partial charge is 0.487 e. The molecule has 0 N–H and O–H groups in total. The Labute approximate surface area is 129 Å². The molecule has 0 bridgehead atoms. The molecule has 3 aromatic carbocycles. The molecule has 0 fully saturated rings.